The average Bonchev–Trinajstić information content (AvgIpc) is 3.00. The maximum absolute atomic E-state index is 14.7. The predicted octanol–water partition coefficient (Wildman–Crippen LogP) is 9.09. The molecule has 1 aliphatic carbocycles. The highest BCUT2D eigenvalue weighted by Gasteiger charge is 2.50. The Bertz CT molecular complexity index is 1580. The number of aryl methyl sites for hydroxylation is 2. The fourth-order valence-electron chi connectivity index (χ4n) is 5.97. The molecule has 2 aromatic rings. The first kappa shape index (κ1) is 39.1. The number of halogens is 3. The number of hydrogen-bond acceptors (Lipinski definition) is 8. The van der Waals surface area contributed by atoms with E-state index in [4.69, 9.17) is 14.5 Å². The maximum Gasteiger partial charge on any atom is 0.411 e. The number of carbonyl (C=O) groups excluding carboxylic acids is 2. The number of allylic oxidation sites excluding steroid dienone is 3. The van der Waals surface area contributed by atoms with Gasteiger partial charge >= 0.3 is 12.3 Å². The molecule has 1 aliphatic heterocycles. The molecule has 9 nitrogen and oxygen atoms in total. The standard InChI is InChI=1S/C37H50F3N5O4S/c1-10-11-18-44(34(47)49-35(5,6)7)22-45-26(20-36(8,9)37(38,39)40)21-48-30-19-28(31-23(2)14-12-15-24(31)3)41-33(42-30)43-50-29-17-13-16-27(25(29)4)32(45)46/h12-17,19,25-27H,10-11,18,20-22H2,1-9H3,(H,41,42,43)/t25?,26-,27?/m1/s1. The normalized spacial score (nSPS) is 20.1. The average molecular weight is 718 g/mol. The topological polar surface area (TPSA) is 96.9 Å². The van der Waals surface area contributed by atoms with Gasteiger partial charge in [0.05, 0.1) is 29.7 Å². The number of alkyl halides is 3. The van der Waals surface area contributed by atoms with E-state index in [2.05, 4.69) is 9.71 Å². The third-order valence-corrected chi connectivity index (χ3v) is 10.00. The molecule has 2 amide bonds. The number of amides is 2. The van der Waals surface area contributed by atoms with Gasteiger partial charge in [0.15, 0.2) is 0 Å². The van der Waals surface area contributed by atoms with Crippen molar-refractivity contribution in [3.05, 3.63) is 58.5 Å². The quantitative estimate of drug-likeness (QED) is 0.270. The van der Waals surface area contributed by atoms with Crippen LogP contribution in [-0.2, 0) is 9.53 Å². The largest absolute Gasteiger partial charge is 0.475 e. The lowest BCUT2D eigenvalue weighted by atomic mass is 9.83. The van der Waals surface area contributed by atoms with Crippen LogP contribution in [0.1, 0.15) is 78.9 Å². The van der Waals surface area contributed by atoms with E-state index in [9.17, 15) is 22.8 Å². The van der Waals surface area contributed by atoms with E-state index in [1.54, 1.807) is 39.0 Å². The van der Waals surface area contributed by atoms with Gasteiger partial charge in [0.25, 0.3) is 0 Å². The van der Waals surface area contributed by atoms with Crippen molar-refractivity contribution in [3.63, 3.8) is 0 Å². The number of hydrogen-bond donors (Lipinski definition) is 1. The van der Waals surface area contributed by atoms with E-state index in [1.165, 1.54) is 21.7 Å². The summed E-state index contributed by atoms with van der Waals surface area (Å²) >= 11 is 1.27. The number of anilines is 1. The van der Waals surface area contributed by atoms with Crippen LogP contribution in [0.2, 0.25) is 0 Å². The van der Waals surface area contributed by atoms with E-state index >= 15 is 0 Å². The summed E-state index contributed by atoms with van der Waals surface area (Å²) in [6.45, 7) is 14.9. The Hall–Kier alpha value is -3.74. The number of rotatable bonds is 8. The van der Waals surface area contributed by atoms with Crippen LogP contribution >= 0.6 is 11.9 Å². The molecular weight excluding hydrogens is 667 g/mol. The molecule has 1 N–H and O–H groups in total. The van der Waals surface area contributed by atoms with Gasteiger partial charge in [0, 0.05) is 29.0 Å². The molecule has 0 saturated heterocycles. The van der Waals surface area contributed by atoms with Crippen molar-refractivity contribution < 1.29 is 32.2 Å². The highest BCUT2D eigenvalue weighted by atomic mass is 32.2. The smallest absolute Gasteiger partial charge is 0.411 e. The van der Waals surface area contributed by atoms with E-state index in [0.29, 0.717) is 12.1 Å². The van der Waals surface area contributed by atoms with Crippen molar-refractivity contribution in [2.45, 2.75) is 99.4 Å². The molecule has 4 rings (SSSR count). The van der Waals surface area contributed by atoms with Crippen molar-refractivity contribution in [2.24, 2.45) is 17.3 Å². The van der Waals surface area contributed by atoms with Gasteiger partial charge in [-0.05, 0) is 70.5 Å². The molecule has 0 spiro atoms. The Morgan fingerprint density at radius 2 is 1.82 bits per heavy atom. The summed E-state index contributed by atoms with van der Waals surface area (Å²) in [6, 6.07) is 6.47. The van der Waals surface area contributed by atoms with Crippen LogP contribution in [0.4, 0.5) is 23.9 Å². The Balaban J connectivity index is 1.87. The first-order valence-electron chi connectivity index (χ1n) is 17.1. The Kier molecular flexibility index (Phi) is 12.2. The second kappa shape index (κ2) is 15.7. The molecule has 1 aromatic carbocycles. The zero-order valence-electron chi connectivity index (χ0n) is 30.5. The number of ether oxygens (including phenoxy) is 2. The molecular formula is C37H50F3N5O4S. The van der Waals surface area contributed by atoms with Crippen molar-refractivity contribution in [3.8, 4) is 17.1 Å². The third kappa shape index (κ3) is 9.52. The van der Waals surface area contributed by atoms with Crippen LogP contribution in [0.25, 0.3) is 11.3 Å². The first-order chi connectivity index (χ1) is 23.3. The number of aromatic nitrogens is 2. The monoisotopic (exact) mass is 717 g/mol. The molecule has 2 heterocycles. The van der Waals surface area contributed by atoms with E-state index < -0.39 is 47.6 Å². The number of unbranched alkanes of at least 4 members (excludes halogenated alkanes) is 1. The zero-order chi connectivity index (χ0) is 37.0. The minimum Gasteiger partial charge on any atom is -0.475 e. The lowest BCUT2D eigenvalue weighted by Crippen LogP contribution is -2.55. The second-order valence-corrected chi connectivity index (χ2v) is 15.6. The molecule has 0 radical (unpaired) electrons. The minimum atomic E-state index is -4.58. The minimum absolute atomic E-state index is 0.139. The van der Waals surface area contributed by atoms with Gasteiger partial charge in [0.2, 0.25) is 17.7 Å². The third-order valence-electron chi connectivity index (χ3n) is 8.97. The lowest BCUT2D eigenvalue weighted by Gasteiger charge is -2.42. The fourth-order valence-corrected chi connectivity index (χ4v) is 6.75. The van der Waals surface area contributed by atoms with Gasteiger partial charge in [-0.3, -0.25) is 14.4 Å². The molecule has 13 heteroatoms. The van der Waals surface area contributed by atoms with Crippen molar-refractivity contribution in [2.75, 3.05) is 24.5 Å². The van der Waals surface area contributed by atoms with E-state index in [0.717, 1.165) is 41.9 Å². The van der Waals surface area contributed by atoms with Crippen LogP contribution in [0.5, 0.6) is 5.88 Å². The summed E-state index contributed by atoms with van der Waals surface area (Å²) in [5, 5.41) is 0. The van der Waals surface area contributed by atoms with Gasteiger partial charge in [0.1, 0.15) is 12.2 Å². The van der Waals surface area contributed by atoms with Gasteiger partial charge < -0.3 is 14.4 Å². The van der Waals surface area contributed by atoms with Crippen molar-refractivity contribution >= 4 is 29.9 Å². The maximum atomic E-state index is 14.7. The summed E-state index contributed by atoms with van der Waals surface area (Å²) in [7, 11) is 0. The van der Waals surface area contributed by atoms with Gasteiger partial charge in [-0.15, -0.1) is 0 Å². The SMILES string of the molecule is CCCCN(CN1C(=O)C2C=CC=C(SNc3nc(cc(-c4c(C)cccc4C)n3)OC[C@H]1CC(C)(C)C(F)(F)F)C2C)C(=O)OC(C)(C)C. The number of carbonyl (C=O) groups is 2. The van der Waals surface area contributed by atoms with Gasteiger partial charge in [-0.2, -0.15) is 18.2 Å². The summed E-state index contributed by atoms with van der Waals surface area (Å²) < 4.78 is 58.8. The molecule has 274 valence electrons. The van der Waals surface area contributed by atoms with Gasteiger partial charge in [-0.1, -0.05) is 70.5 Å². The van der Waals surface area contributed by atoms with Crippen LogP contribution in [-0.4, -0.2) is 69.4 Å². The molecule has 2 unspecified atom stereocenters. The Labute approximate surface area is 298 Å². The van der Waals surface area contributed by atoms with Crippen LogP contribution in [0, 0.1) is 31.1 Å². The summed E-state index contributed by atoms with van der Waals surface area (Å²) in [6.07, 6.45) is 1.07. The number of benzene rings is 1. The molecule has 1 aromatic heterocycles. The summed E-state index contributed by atoms with van der Waals surface area (Å²) in [5.41, 5.74) is 0.417. The number of nitrogens with one attached hydrogen (secondary N) is 1. The van der Waals surface area contributed by atoms with Crippen LogP contribution in [0.15, 0.2) is 47.4 Å². The van der Waals surface area contributed by atoms with Crippen LogP contribution < -0.4 is 9.46 Å². The van der Waals surface area contributed by atoms with Crippen molar-refractivity contribution in [1.82, 2.24) is 19.8 Å². The Morgan fingerprint density at radius 1 is 1.14 bits per heavy atom. The highest BCUT2D eigenvalue weighted by Crippen LogP contribution is 2.43. The first-order valence-corrected chi connectivity index (χ1v) is 17.9. The molecule has 0 saturated carbocycles. The molecule has 2 aliphatic rings. The molecule has 50 heavy (non-hydrogen) atoms. The van der Waals surface area contributed by atoms with E-state index in [1.807, 2.05) is 52.0 Å². The zero-order valence-corrected chi connectivity index (χ0v) is 31.3. The van der Waals surface area contributed by atoms with Crippen molar-refractivity contribution in [1.29, 1.82) is 0 Å². The predicted molar refractivity (Wildman–Crippen MR) is 191 cm³/mol. The Morgan fingerprint density at radius 3 is 2.44 bits per heavy atom. The second-order valence-electron chi connectivity index (χ2n) is 14.8. The summed E-state index contributed by atoms with van der Waals surface area (Å²) in [4.78, 5) is 41.2. The molecule has 3 atom stereocenters. The van der Waals surface area contributed by atoms with Crippen LogP contribution in [0.3, 0.4) is 0 Å². The number of fused-ring (bicyclic) bond motifs is 4. The molecule has 0 fully saturated rings. The fraction of sp³-hybridized carbons (Fsp3) is 0.568. The summed E-state index contributed by atoms with van der Waals surface area (Å²) in [5.74, 6) is -1.08. The lowest BCUT2D eigenvalue weighted by molar-refractivity contribution is -0.219. The van der Waals surface area contributed by atoms with E-state index in [-0.39, 0.29) is 37.6 Å². The number of nitrogens with zero attached hydrogens (tertiary/aromatic N) is 4. The molecule has 4 bridgehead atoms. The highest BCUT2D eigenvalue weighted by molar-refractivity contribution is 8.04. The van der Waals surface area contributed by atoms with Gasteiger partial charge in [-0.25, -0.2) is 9.78 Å².